The van der Waals surface area contributed by atoms with E-state index in [1.807, 2.05) is 36.4 Å². The highest BCUT2D eigenvalue weighted by Crippen LogP contribution is 2.04. The second-order valence-electron chi connectivity index (χ2n) is 3.93. The van der Waals surface area contributed by atoms with E-state index in [2.05, 4.69) is 10.3 Å². The molecule has 0 amide bonds. The van der Waals surface area contributed by atoms with Gasteiger partial charge in [-0.15, -0.1) is 0 Å². The van der Waals surface area contributed by atoms with Crippen molar-refractivity contribution >= 4 is 0 Å². The van der Waals surface area contributed by atoms with Crippen LogP contribution in [0.5, 0.6) is 0 Å². The fraction of sp³-hybridized carbons (Fsp3) is 0.214. The van der Waals surface area contributed by atoms with Crippen molar-refractivity contribution in [1.29, 1.82) is 0 Å². The molecular weight excluding hydrogens is 212 g/mol. The fourth-order valence-corrected chi connectivity index (χ4v) is 1.61. The first-order valence-corrected chi connectivity index (χ1v) is 5.67. The molecule has 1 aromatic heterocycles. The molecule has 0 unspecified atom stereocenters. The van der Waals surface area contributed by atoms with Crippen molar-refractivity contribution in [2.75, 3.05) is 0 Å². The van der Waals surface area contributed by atoms with Crippen LogP contribution in [-0.2, 0) is 19.7 Å². The molecule has 0 saturated heterocycles. The van der Waals surface area contributed by atoms with Crippen molar-refractivity contribution in [3.63, 3.8) is 0 Å². The quantitative estimate of drug-likeness (QED) is 0.821. The van der Waals surface area contributed by atoms with Gasteiger partial charge in [-0.1, -0.05) is 24.3 Å². The lowest BCUT2D eigenvalue weighted by atomic mass is 10.1. The topological polar surface area (TPSA) is 45.1 Å². The Morgan fingerprint density at radius 1 is 0.824 bits per heavy atom. The molecule has 0 spiro atoms. The smallest absolute Gasteiger partial charge is 0.0681 e. The molecule has 17 heavy (non-hydrogen) atoms. The predicted octanol–water partition coefficient (Wildman–Crippen LogP) is 1.86. The maximum Gasteiger partial charge on any atom is 0.0681 e. The zero-order chi connectivity index (χ0) is 11.9. The van der Waals surface area contributed by atoms with Gasteiger partial charge < -0.3 is 10.4 Å². The monoisotopic (exact) mass is 228 g/mol. The Balaban J connectivity index is 1.82. The number of hydrogen-bond donors (Lipinski definition) is 2. The van der Waals surface area contributed by atoms with Crippen molar-refractivity contribution in [1.82, 2.24) is 10.3 Å². The maximum atomic E-state index is 8.93. The molecule has 2 rings (SSSR count). The first kappa shape index (κ1) is 11.8. The highest BCUT2D eigenvalue weighted by atomic mass is 16.3. The van der Waals surface area contributed by atoms with Gasteiger partial charge >= 0.3 is 0 Å². The number of pyridine rings is 1. The van der Waals surface area contributed by atoms with E-state index in [-0.39, 0.29) is 6.61 Å². The summed E-state index contributed by atoms with van der Waals surface area (Å²) in [6, 6.07) is 12.0. The van der Waals surface area contributed by atoms with Gasteiger partial charge in [-0.3, -0.25) is 4.98 Å². The Hall–Kier alpha value is -1.71. The van der Waals surface area contributed by atoms with E-state index in [0.29, 0.717) is 0 Å². The molecule has 0 aliphatic rings. The molecule has 2 N–H and O–H groups in total. The highest BCUT2D eigenvalue weighted by molar-refractivity contribution is 5.22. The average molecular weight is 228 g/mol. The molecule has 1 heterocycles. The normalized spacial score (nSPS) is 10.4. The van der Waals surface area contributed by atoms with Crippen LogP contribution >= 0.6 is 0 Å². The van der Waals surface area contributed by atoms with Gasteiger partial charge in [-0.25, -0.2) is 0 Å². The maximum absolute atomic E-state index is 8.93. The summed E-state index contributed by atoms with van der Waals surface area (Å²) >= 11 is 0. The lowest BCUT2D eigenvalue weighted by Gasteiger charge is -2.05. The number of aliphatic hydroxyl groups excluding tert-OH is 1. The third kappa shape index (κ3) is 3.66. The Morgan fingerprint density at radius 3 is 1.94 bits per heavy atom. The van der Waals surface area contributed by atoms with Gasteiger partial charge in [0, 0.05) is 25.5 Å². The van der Waals surface area contributed by atoms with Gasteiger partial charge in [-0.2, -0.15) is 0 Å². The number of aliphatic hydroxyl groups is 1. The number of aromatic nitrogens is 1. The van der Waals surface area contributed by atoms with Gasteiger partial charge in [-0.05, 0) is 28.8 Å². The van der Waals surface area contributed by atoms with Crippen molar-refractivity contribution < 1.29 is 5.11 Å². The number of rotatable bonds is 5. The molecule has 3 heteroatoms. The van der Waals surface area contributed by atoms with Crippen LogP contribution < -0.4 is 5.32 Å². The van der Waals surface area contributed by atoms with Gasteiger partial charge in [0.1, 0.15) is 0 Å². The molecule has 0 aliphatic carbocycles. The van der Waals surface area contributed by atoms with E-state index >= 15 is 0 Å². The SMILES string of the molecule is OCc1ccc(CNCc2ccncc2)cc1. The summed E-state index contributed by atoms with van der Waals surface area (Å²) in [6.45, 7) is 1.77. The van der Waals surface area contributed by atoms with Gasteiger partial charge in [0.25, 0.3) is 0 Å². The Bertz CT molecular complexity index is 440. The summed E-state index contributed by atoms with van der Waals surface area (Å²) in [6.07, 6.45) is 3.60. The molecule has 88 valence electrons. The van der Waals surface area contributed by atoms with Crippen LogP contribution in [-0.4, -0.2) is 10.1 Å². The van der Waals surface area contributed by atoms with Crippen LogP contribution in [0.2, 0.25) is 0 Å². The van der Waals surface area contributed by atoms with E-state index in [0.717, 1.165) is 18.7 Å². The zero-order valence-corrected chi connectivity index (χ0v) is 9.63. The molecule has 0 bridgehead atoms. The van der Waals surface area contributed by atoms with Gasteiger partial charge in [0.2, 0.25) is 0 Å². The summed E-state index contributed by atoms with van der Waals surface area (Å²) in [5.41, 5.74) is 3.39. The second-order valence-corrected chi connectivity index (χ2v) is 3.93. The predicted molar refractivity (Wildman–Crippen MR) is 67.1 cm³/mol. The minimum Gasteiger partial charge on any atom is -0.392 e. The highest BCUT2D eigenvalue weighted by Gasteiger charge is 1.95. The van der Waals surface area contributed by atoms with E-state index in [1.165, 1.54) is 11.1 Å². The van der Waals surface area contributed by atoms with E-state index < -0.39 is 0 Å². The van der Waals surface area contributed by atoms with Gasteiger partial charge in [0.05, 0.1) is 6.61 Å². The Labute approximate surface area is 101 Å². The molecule has 0 radical (unpaired) electrons. The van der Waals surface area contributed by atoms with Crippen LogP contribution in [0.4, 0.5) is 0 Å². The molecule has 3 nitrogen and oxygen atoms in total. The van der Waals surface area contributed by atoms with E-state index in [1.54, 1.807) is 12.4 Å². The summed E-state index contributed by atoms with van der Waals surface area (Å²) in [5, 5.41) is 12.3. The fourth-order valence-electron chi connectivity index (χ4n) is 1.61. The minimum absolute atomic E-state index is 0.102. The van der Waals surface area contributed by atoms with E-state index in [4.69, 9.17) is 5.11 Å². The molecule has 0 atom stereocenters. The molecule has 2 aromatic rings. The van der Waals surface area contributed by atoms with E-state index in [9.17, 15) is 0 Å². The molecule has 1 aromatic carbocycles. The van der Waals surface area contributed by atoms with Crippen molar-refractivity contribution in [3.8, 4) is 0 Å². The second kappa shape index (κ2) is 6.13. The largest absolute Gasteiger partial charge is 0.392 e. The number of hydrogen-bond acceptors (Lipinski definition) is 3. The molecule has 0 aliphatic heterocycles. The van der Waals surface area contributed by atoms with Crippen molar-refractivity contribution in [2.24, 2.45) is 0 Å². The molecule has 0 saturated carbocycles. The van der Waals surface area contributed by atoms with Crippen LogP contribution in [0.3, 0.4) is 0 Å². The summed E-state index contributed by atoms with van der Waals surface area (Å²) in [7, 11) is 0. The average Bonchev–Trinajstić information content (AvgIpc) is 2.41. The number of nitrogens with one attached hydrogen (secondary N) is 1. The summed E-state index contributed by atoms with van der Waals surface area (Å²) in [4.78, 5) is 3.98. The van der Waals surface area contributed by atoms with Crippen LogP contribution in [0.15, 0.2) is 48.8 Å². The van der Waals surface area contributed by atoms with Crippen LogP contribution in [0.1, 0.15) is 16.7 Å². The summed E-state index contributed by atoms with van der Waals surface area (Å²) in [5.74, 6) is 0. The zero-order valence-electron chi connectivity index (χ0n) is 9.63. The number of nitrogens with zero attached hydrogens (tertiary/aromatic N) is 1. The third-order valence-corrected chi connectivity index (χ3v) is 2.61. The first-order valence-electron chi connectivity index (χ1n) is 5.67. The lowest BCUT2D eigenvalue weighted by molar-refractivity contribution is 0.282. The standard InChI is InChI=1S/C14H16N2O/c17-11-14-3-1-12(2-4-14)9-16-10-13-5-7-15-8-6-13/h1-8,16-17H,9-11H2. The first-order chi connectivity index (χ1) is 8.38. The Morgan fingerprint density at radius 2 is 1.35 bits per heavy atom. The van der Waals surface area contributed by atoms with Gasteiger partial charge in [0.15, 0.2) is 0 Å². The number of benzene rings is 1. The van der Waals surface area contributed by atoms with Crippen molar-refractivity contribution in [2.45, 2.75) is 19.7 Å². The van der Waals surface area contributed by atoms with Crippen molar-refractivity contribution in [3.05, 3.63) is 65.5 Å². The van der Waals surface area contributed by atoms with Crippen LogP contribution in [0, 0.1) is 0 Å². The molecule has 0 fully saturated rings. The molecular formula is C14H16N2O. The Kier molecular flexibility index (Phi) is 4.24. The third-order valence-electron chi connectivity index (χ3n) is 2.61. The summed E-state index contributed by atoms with van der Waals surface area (Å²) < 4.78 is 0. The van der Waals surface area contributed by atoms with Crippen LogP contribution in [0.25, 0.3) is 0 Å². The minimum atomic E-state index is 0.102. The lowest BCUT2D eigenvalue weighted by Crippen LogP contribution is -2.12.